The van der Waals surface area contributed by atoms with Crippen molar-refractivity contribution in [3.63, 3.8) is 0 Å². The lowest BCUT2D eigenvalue weighted by Crippen LogP contribution is -2.26. The van der Waals surface area contributed by atoms with Gasteiger partial charge in [0.25, 0.3) is 0 Å². The van der Waals surface area contributed by atoms with Crippen molar-refractivity contribution in [1.82, 2.24) is 5.32 Å². The standard InChI is InChI=1S/C13H20N2O3/c1-9-3-4-12(16)11(7-9)10(2)15-5-6-18-8-13(14)17/h3-4,7,10,15-16H,5-6,8H2,1-2H3,(H2,14,17). The fourth-order valence-corrected chi connectivity index (χ4v) is 1.65. The summed E-state index contributed by atoms with van der Waals surface area (Å²) >= 11 is 0. The van der Waals surface area contributed by atoms with Gasteiger partial charge in [0, 0.05) is 18.2 Å². The number of hydrogen-bond donors (Lipinski definition) is 3. The maximum atomic E-state index is 10.4. The minimum atomic E-state index is -0.473. The van der Waals surface area contributed by atoms with Crippen molar-refractivity contribution in [1.29, 1.82) is 0 Å². The molecule has 0 heterocycles. The van der Waals surface area contributed by atoms with E-state index in [4.69, 9.17) is 10.5 Å². The first-order valence-corrected chi connectivity index (χ1v) is 5.89. The lowest BCUT2D eigenvalue weighted by molar-refractivity contribution is -0.122. The van der Waals surface area contributed by atoms with Gasteiger partial charge in [-0.1, -0.05) is 17.7 Å². The number of primary amides is 1. The van der Waals surface area contributed by atoms with Crippen LogP contribution in [0.5, 0.6) is 5.75 Å². The highest BCUT2D eigenvalue weighted by molar-refractivity contribution is 5.74. The maximum absolute atomic E-state index is 10.4. The number of aryl methyl sites for hydroxylation is 1. The molecule has 0 aliphatic carbocycles. The quantitative estimate of drug-likeness (QED) is 0.628. The molecule has 5 nitrogen and oxygen atoms in total. The molecule has 0 saturated carbocycles. The van der Waals surface area contributed by atoms with Crippen molar-refractivity contribution in [3.05, 3.63) is 29.3 Å². The minimum Gasteiger partial charge on any atom is -0.508 e. The molecular formula is C13H20N2O3. The van der Waals surface area contributed by atoms with Crippen molar-refractivity contribution in [3.8, 4) is 5.75 Å². The molecule has 0 aliphatic rings. The second kappa shape index (κ2) is 6.98. The van der Waals surface area contributed by atoms with Gasteiger partial charge in [-0.25, -0.2) is 0 Å². The number of rotatable bonds is 7. The number of hydrogen-bond acceptors (Lipinski definition) is 4. The van der Waals surface area contributed by atoms with Gasteiger partial charge < -0.3 is 20.9 Å². The van der Waals surface area contributed by atoms with Gasteiger partial charge in [0.2, 0.25) is 5.91 Å². The molecule has 1 unspecified atom stereocenters. The summed E-state index contributed by atoms with van der Waals surface area (Å²) in [5.74, 6) is -0.196. The zero-order valence-electron chi connectivity index (χ0n) is 10.8. The predicted octanol–water partition coefficient (Wildman–Crippen LogP) is 0.853. The van der Waals surface area contributed by atoms with E-state index in [1.54, 1.807) is 6.07 Å². The highest BCUT2D eigenvalue weighted by Gasteiger charge is 2.09. The van der Waals surface area contributed by atoms with Crippen LogP contribution in [0.4, 0.5) is 0 Å². The molecule has 1 aromatic rings. The molecule has 1 amide bonds. The van der Waals surface area contributed by atoms with Crippen LogP contribution in [-0.2, 0) is 9.53 Å². The molecule has 5 heteroatoms. The van der Waals surface area contributed by atoms with E-state index in [2.05, 4.69) is 5.32 Å². The van der Waals surface area contributed by atoms with Gasteiger partial charge in [0.15, 0.2) is 0 Å². The summed E-state index contributed by atoms with van der Waals surface area (Å²) in [5, 5.41) is 13.0. The average Bonchev–Trinajstić information content (AvgIpc) is 2.31. The molecule has 0 fully saturated rings. The molecule has 0 bridgehead atoms. The van der Waals surface area contributed by atoms with E-state index in [0.29, 0.717) is 13.2 Å². The van der Waals surface area contributed by atoms with Crippen LogP contribution in [0.2, 0.25) is 0 Å². The number of phenols is 1. The van der Waals surface area contributed by atoms with Crippen LogP contribution in [0.1, 0.15) is 24.1 Å². The number of carbonyl (C=O) groups excluding carboxylic acids is 1. The highest BCUT2D eigenvalue weighted by Crippen LogP contribution is 2.24. The van der Waals surface area contributed by atoms with Crippen molar-refractivity contribution in [2.45, 2.75) is 19.9 Å². The molecule has 0 saturated heterocycles. The zero-order chi connectivity index (χ0) is 13.5. The largest absolute Gasteiger partial charge is 0.508 e. The Hall–Kier alpha value is -1.59. The topological polar surface area (TPSA) is 84.6 Å². The zero-order valence-corrected chi connectivity index (χ0v) is 10.8. The second-order valence-electron chi connectivity index (χ2n) is 4.26. The number of phenolic OH excluding ortho intramolecular Hbond substituents is 1. The molecule has 0 aliphatic heterocycles. The normalized spacial score (nSPS) is 12.3. The predicted molar refractivity (Wildman–Crippen MR) is 69.3 cm³/mol. The summed E-state index contributed by atoms with van der Waals surface area (Å²) in [7, 11) is 0. The number of nitrogens with two attached hydrogens (primary N) is 1. The monoisotopic (exact) mass is 252 g/mol. The van der Waals surface area contributed by atoms with Crippen molar-refractivity contribution < 1.29 is 14.6 Å². The molecule has 0 aromatic heterocycles. The first-order chi connectivity index (χ1) is 8.50. The minimum absolute atomic E-state index is 0.0158. The van der Waals surface area contributed by atoms with Gasteiger partial charge in [0.05, 0.1) is 6.61 Å². The van der Waals surface area contributed by atoms with Crippen LogP contribution < -0.4 is 11.1 Å². The number of aromatic hydroxyl groups is 1. The van der Waals surface area contributed by atoms with Gasteiger partial charge in [0.1, 0.15) is 12.4 Å². The Morgan fingerprint density at radius 1 is 1.56 bits per heavy atom. The fraction of sp³-hybridized carbons (Fsp3) is 0.462. The Kier molecular flexibility index (Phi) is 5.61. The van der Waals surface area contributed by atoms with Crippen LogP contribution in [0.3, 0.4) is 0 Å². The number of nitrogens with one attached hydrogen (secondary N) is 1. The Labute approximate surface area is 107 Å². The number of benzene rings is 1. The Morgan fingerprint density at radius 3 is 2.94 bits per heavy atom. The number of amides is 1. The second-order valence-corrected chi connectivity index (χ2v) is 4.26. The summed E-state index contributed by atoms with van der Waals surface area (Å²) < 4.78 is 5.04. The fourth-order valence-electron chi connectivity index (χ4n) is 1.65. The van der Waals surface area contributed by atoms with E-state index in [9.17, 15) is 9.90 Å². The van der Waals surface area contributed by atoms with Crippen molar-refractivity contribution in [2.24, 2.45) is 5.73 Å². The molecule has 4 N–H and O–H groups in total. The lowest BCUT2D eigenvalue weighted by atomic mass is 10.0. The van der Waals surface area contributed by atoms with Gasteiger partial charge in [-0.15, -0.1) is 0 Å². The van der Waals surface area contributed by atoms with E-state index >= 15 is 0 Å². The molecule has 1 atom stereocenters. The van der Waals surface area contributed by atoms with E-state index < -0.39 is 5.91 Å². The average molecular weight is 252 g/mol. The molecule has 1 aromatic carbocycles. The first kappa shape index (κ1) is 14.5. The molecule has 0 spiro atoms. The Morgan fingerprint density at radius 2 is 2.28 bits per heavy atom. The Bertz CT molecular complexity index is 407. The number of carbonyl (C=O) groups is 1. The van der Waals surface area contributed by atoms with Crippen LogP contribution in [0, 0.1) is 6.92 Å². The Balaban J connectivity index is 2.38. The van der Waals surface area contributed by atoms with Gasteiger partial charge in [-0.3, -0.25) is 4.79 Å². The molecule has 0 radical (unpaired) electrons. The molecular weight excluding hydrogens is 232 g/mol. The highest BCUT2D eigenvalue weighted by atomic mass is 16.5. The third-order valence-electron chi connectivity index (χ3n) is 2.59. The van der Waals surface area contributed by atoms with Gasteiger partial charge in [-0.2, -0.15) is 0 Å². The SMILES string of the molecule is Cc1ccc(O)c(C(C)NCCOCC(N)=O)c1. The van der Waals surface area contributed by atoms with Crippen LogP contribution >= 0.6 is 0 Å². The van der Waals surface area contributed by atoms with Crippen LogP contribution in [0.25, 0.3) is 0 Å². The van der Waals surface area contributed by atoms with Gasteiger partial charge >= 0.3 is 0 Å². The van der Waals surface area contributed by atoms with E-state index in [-0.39, 0.29) is 18.4 Å². The smallest absolute Gasteiger partial charge is 0.243 e. The number of ether oxygens (including phenoxy) is 1. The molecule has 100 valence electrons. The summed E-state index contributed by atoms with van der Waals surface area (Å²) in [6.07, 6.45) is 0. The summed E-state index contributed by atoms with van der Waals surface area (Å²) in [6, 6.07) is 5.51. The van der Waals surface area contributed by atoms with Gasteiger partial charge in [-0.05, 0) is 19.9 Å². The first-order valence-electron chi connectivity index (χ1n) is 5.89. The summed E-state index contributed by atoms with van der Waals surface area (Å²) in [4.78, 5) is 10.4. The van der Waals surface area contributed by atoms with E-state index in [1.807, 2.05) is 26.0 Å². The molecule has 18 heavy (non-hydrogen) atoms. The summed E-state index contributed by atoms with van der Waals surface area (Å²) in [5.41, 5.74) is 6.89. The van der Waals surface area contributed by atoms with Crippen molar-refractivity contribution >= 4 is 5.91 Å². The van der Waals surface area contributed by atoms with Crippen LogP contribution in [-0.4, -0.2) is 30.8 Å². The van der Waals surface area contributed by atoms with Crippen LogP contribution in [0.15, 0.2) is 18.2 Å². The third kappa shape index (κ3) is 4.73. The summed E-state index contributed by atoms with van der Waals surface area (Å²) in [6.45, 7) is 4.86. The lowest BCUT2D eigenvalue weighted by Gasteiger charge is -2.16. The maximum Gasteiger partial charge on any atom is 0.243 e. The van der Waals surface area contributed by atoms with E-state index in [0.717, 1.165) is 11.1 Å². The third-order valence-corrected chi connectivity index (χ3v) is 2.59. The molecule has 1 rings (SSSR count). The van der Waals surface area contributed by atoms with E-state index in [1.165, 1.54) is 0 Å². The van der Waals surface area contributed by atoms with Crippen molar-refractivity contribution in [2.75, 3.05) is 19.8 Å².